The third kappa shape index (κ3) is 6.17. The molecule has 0 aliphatic rings. The molecular formula is C34H30OSeSn. The van der Waals surface area contributed by atoms with Gasteiger partial charge in [0, 0.05) is 0 Å². The Morgan fingerprint density at radius 2 is 0.946 bits per heavy atom. The molecule has 0 spiro atoms. The minimum atomic E-state index is -3.64. The summed E-state index contributed by atoms with van der Waals surface area (Å²) in [6.45, 7) is 1.22. The first-order valence-corrected chi connectivity index (χ1v) is 20.0. The zero-order valence-corrected chi connectivity index (χ0v) is 25.3. The van der Waals surface area contributed by atoms with Gasteiger partial charge in [0.05, 0.1) is 0 Å². The van der Waals surface area contributed by atoms with Gasteiger partial charge >= 0.3 is 232 Å². The third-order valence-electron chi connectivity index (χ3n) is 6.46. The number of benzene rings is 5. The molecule has 5 aromatic carbocycles. The molecule has 0 aliphatic heterocycles. The Morgan fingerprint density at radius 1 is 0.541 bits per heavy atom. The van der Waals surface area contributed by atoms with Crippen molar-refractivity contribution in [1.29, 1.82) is 0 Å². The van der Waals surface area contributed by atoms with Crippen molar-refractivity contribution in [2.45, 2.75) is 6.61 Å². The van der Waals surface area contributed by atoms with Crippen molar-refractivity contribution in [3.63, 3.8) is 0 Å². The Hall–Kier alpha value is -2.88. The Labute approximate surface area is 230 Å². The minimum absolute atomic E-state index is 0.162. The van der Waals surface area contributed by atoms with E-state index in [9.17, 15) is 0 Å². The maximum atomic E-state index is 6.26. The van der Waals surface area contributed by atoms with Gasteiger partial charge in [-0.15, -0.1) is 0 Å². The van der Waals surface area contributed by atoms with E-state index < -0.39 is 18.4 Å². The predicted molar refractivity (Wildman–Crippen MR) is 160 cm³/mol. The fraction of sp³-hybridized carbons (Fsp3) is 0.0588. The first-order chi connectivity index (χ1) is 18.4. The third-order valence-corrected chi connectivity index (χ3v) is 27.1. The normalized spacial score (nSPS) is 11.8. The SMILES string of the molecule is C(/COCc1ccccc1)=[C](\[Se]c1ccccc1)[Sn]([c]1ccccc1)([c]1ccccc1)[c]1ccccc1. The molecule has 0 unspecified atom stereocenters. The molecule has 0 saturated heterocycles. The van der Waals surface area contributed by atoms with E-state index in [4.69, 9.17) is 4.74 Å². The summed E-state index contributed by atoms with van der Waals surface area (Å²) in [5.41, 5.74) is 1.20. The Kier molecular flexibility index (Phi) is 9.10. The van der Waals surface area contributed by atoms with Crippen LogP contribution >= 0.6 is 0 Å². The van der Waals surface area contributed by atoms with Crippen LogP contribution in [-0.4, -0.2) is 39.9 Å². The van der Waals surface area contributed by atoms with Crippen LogP contribution in [0.2, 0.25) is 0 Å². The summed E-state index contributed by atoms with van der Waals surface area (Å²) in [5.74, 6) is 0. The van der Waals surface area contributed by atoms with Gasteiger partial charge < -0.3 is 0 Å². The molecule has 3 heteroatoms. The number of hydrogen-bond donors (Lipinski definition) is 0. The molecule has 37 heavy (non-hydrogen) atoms. The summed E-state index contributed by atoms with van der Waals surface area (Å²) >= 11 is -3.48. The Morgan fingerprint density at radius 3 is 1.41 bits per heavy atom. The molecule has 0 fully saturated rings. The van der Waals surface area contributed by atoms with Crippen molar-refractivity contribution >= 4 is 48.5 Å². The fourth-order valence-electron chi connectivity index (χ4n) is 4.76. The van der Waals surface area contributed by atoms with Gasteiger partial charge in [-0.25, -0.2) is 0 Å². The Bertz CT molecular complexity index is 1290. The zero-order chi connectivity index (χ0) is 25.2. The van der Waals surface area contributed by atoms with Crippen LogP contribution in [0.25, 0.3) is 0 Å². The molecule has 182 valence electrons. The van der Waals surface area contributed by atoms with Crippen LogP contribution in [0.3, 0.4) is 0 Å². The van der Waals surface area contributed by atoms with Crippen LogP contribution in [0.15, 0.2) is 160 Å². The van der Waals surface area contributed by atoms with E-state index in [0.29, 0.717) is 13.2 Å². The first kappa shape index (κ1) is 25.8. The van der Waals surface area contributed by atoms with E-state index >= 15 is 0 Å². The maximum absolute atomic E-state index is 6.26. The fourth-order valence-corrected chi connectivity index (χ4v) is 27.9. The van der Waals surface area contributed by atoms with Gasteiger partial charge in [-0.3, -0.25) is 0 Å². The standard InChI is InChI=1S/C16H15OSe.3C6H5.Sn/c1-3-8-15(9-4-1)14-17-12-7-13-18-16-10-5-2-6-11-16;3*1-2-4-6-5-3-1;/h1-11H,12,14H2;3*1-5H;. The van der Waals surface area contributed by atoms with E-state index in [1.807, 2.05) is 6.07 Å². The van der Waals surface area contributed by atoms with Crippen LogP contribution in [0.4, 0.5) is 0 Å². The molecule has 5 aromatic rings. The number of hydrogen-bond acceptors (Lipinski definition) is 1. The van der Waals surface area contributed by atoms with Crippen molar-refractivity contribution in [3.05, 3.63) is 166 Å². The van der Waals surface area contributed by atoms with Crippen LogP contribution in [-0.2, 0) is 11.3 Å². The van der Waals surface area contributed by atoms with Gasteiger partial charge in [0.1, 0.15) is 0 Å². The van der Waals surface area contributed by atoms with Crippen molar-refractivity contribution in [2.75, 3.05) is 6.61 Å². The second-order valence-electron chi connectivity index (χ2n) is 8.83. The van der Waals surface area contributed by atoms with E-state index in [0.717, 1.165) is 0 Å². The summed E-state index contributed by atoms with van der Waals surface area (Å²) in [5, 5.41) is 0. The molecule has 1 nitrogen and oxygen atoms in total. The molecule has 0 aliphatic carbocycles. The van der Waals surface area contributed by atoms with Crippen LogP contribution in [0.5, 0.6) is 0 Å². The molecule has 0 radical (unpaired) electrons. The van der Waals surface area contributed by atoms with Gasteiger partial charge in [-0.2, -0.15) is 0 Å². The van der Waals surface area contributed by atoms with Gasteiger partial charge in [0.25, 0.3) is 0 Å². The van der Waals surface area contributed by atoms with Crippen molar-refractivity contribution < 1.29 is 4.74 Å². The van der Waals surface area contributed by atoms with Crippen molar-refractivity contribution in [2.24, 2.45) is 0 Å². The quantitative estimate of drug-likeness (QED) is 0.155. The molecular weight excluding hydrogens is 622 g/mol. The van der Waals surface area contributed by atoms with Gasteiger partial charge in [0.15, 0.2) is 0 Å². The molecule has 5 rings (SSSR count). The van der Waals surface area contributed by atoms with E-state index in [-0.39, 0.29) is 15.0 Å². The van der Waals surface area contributed by atoms with Gasteiger partial charge in [-0.1, -0.05) is 0 Å². The van der Waals surface area contributed by atoms with Crippen LogP contribution in [0.1, 0.15) is 5.56 Å². The monoisotopic (exact) mass is 654 g/mol. The number of ether oxygens (including phenoxy) is 1. The van der Waals surface area contributed by atoms with Gasteiger partial charge in [0.2, 0.25) is 0 Å². The molecule has 0 aromatic heterocycles. The predicted octanol–water partition coefficient (Wildman–Crippen LogP) is 4.83. The number of rotatable bonds is 10. The average molecular weight is 652 g/mol. The van der Waals surface area contributed by atoms with Crippen molar-refractivity contribution in [3.8, 4) is 0 Å². The summed E-state index contributed by atoms with van der Waals surface area (Å²) in [6, 6.07) is 55.1. The first-order valence-electron chi connectivity index (χ1n) is 12.6. The topological polar surface area (TPSA) is 9.23 Å². The molecule has 0 heterocycles. The average Bonchev–Trinajstić information content (AvgIpc) is 2.98. The molecule has 0 amide bonds. The zero-order valence-electron chi connectivity index (χ0n) is 20.7. The summed E-state index contributed by atoms with van der Waals surface area (Å²) in [6.07, 6.45) is 2.43. The van der Waals surface area contributed by atoms with Gasteiger partial charge in [-0.05, 0) is 0 Å². The summed E-state index contributed by atoms with van der Waals surface area (Å²) in [4.78, 5) is 0. The summed E-state index contributed by atoms with van der Waals surface area (Å²) < 4.78 is 13.6. The second kappa shape index (κ2) is 13.1. The molecule has 0 N–H and O–H groups in total. The van der Waals surface area contributed by atoms with Crippen LogP contribution < -0.4 is 15.2 Å². The Balaban J connectivity index is 1.67. The van der Waals surface area contributed by atoms with E-state index in [2.05, 4.69) is 152 Å². The second-order valence-corrected chi connectivity index (χ2v) is 24.2. The van der Waals surface area contributed by atoms with E-state index in [1.165, 1.54) is 20.8 Å². The summed E-state index contributed by atoms with van der Waals surface area (Å²) in [7, 11) is 0. The molecule has 0 atom stereocenters. The molecule has 0 bridgehead atoms. The van der Waals surface area contributed by atoms with E-state index in [1.54, 1.807) is 2.49 Å². The van der Waals surface area contributed by atoms with Crippen LogP contribution in [0, 0.1) is 0 Å². The van der Waals surface area contributed by atoms with Crippen molar-refractivity contribution in [1.82, 2.24) is 0 Å². The molecule has 0 saturated carbocycles.